The van der Waals surface area contributed by atoms with Gasteiger partial charge in [0.05, 0.1) is 4.99 Å². The van der Waals surface area contributed by atoms with Crippen LogP contribution in [-0.4, -0.2) is 11.0 Å². The second-order valence-electron chi connectivity index (χ2n) is 5.08. The first-order valence-corrected chi connectivity index (χ1v) is 7.22. The van der Waals surface area contributed by atoms with E-state index in [1.54, 1.807) is 0 Å². The van der Waals surface area contributed by atoms with Gasteiger partial charge in [0.25, 0.3) is 0 Å². The van der Waals surface area contributed by atoms with Crippen molar-refractivity contribution >= 4 is 22.9 Å². The van der Waals surface area contributed by atoms with Crippen molar-refractivity contribution in [3.8, 4) is 0 Å². The van der Waals surface area contributed by atoms with Crippen molar-refractivity contribution < 1.29 is 0 Å². The van der Waals surface area contributed by atoms with Crippen LogP contribution in [0.5, 0.6) is 0 Å². The molecule has 20 heavy (non-hydrogen) atoms. The molecule has 0 heterocycles. The zero-order valence-electron chi connectivity index (χ0n) is 11.7. The highest BCUT2D eigenvalue weighted by Gasteiger charge is 2.06. The second kappa shape index (κ2) is 7.06. The smallest absolute Gasteiger partial charge is 0.0799 e. The summed E-state index contributed by atoms with van der Waals surface area (Å²) in [4.78, 5) is 0.873. The molecular formula is C17H20N2S. The van der Waals surface area contributed by atoms with E-state index in [4.69, 9.17) is 18.0 Å². The highest BCUT2D eigenvalue weighted by Crippen LogP contribution is 2.07. The van der Waals surface area contributed by atoms with Gasteiger partial charge in [-0.25, -0.2) is 0 Å². The molecule has 0 aliphatic heterocycles. The third kappa shape index (κ3) is 4.67. The molecule has 1 atom stereocenters. The minimum Gasteiger partial charge on any atom is -0.399 e. The maximum atomic E-state index is 5.68. The molecule has 3 N–H and O–H groups in total. The van der Waals surface area contributed by atoms with Gasteiger partial charge in [-0.3, -0.25) is 0 Å². The zero-order valence-corrected chi connectivity index (χ0v) is 12.5. The second-order valence-corrected chi connectivity index (χ2v) is 5.57. The largest absolute Gasteiger partial charge is 0.399 e. The van der Waals surface area contributed by atoms with Crippen molar-refractivity contribution in [2.45, 2.75) is 25.8 Å². The van der Waals surface area contributed by atoms with Crippen molar-refractivity contribution in [2.24, 2.45) is 0 Å². The van der Waals surface area contributed by atoms with E-state index in [-0.39, 0.29) is 0 Å². The minimum absolute atomic E-state index is 0.332. The van der Waals surface area contributed by atoms with E-state index < -0.39 is 0 Å². The molecule has 0 aliphatic rings. The van der Waals surface area contributed by atoms with Crippen LogP contribution in [0.25, 0.3) is 0 Å². The summed E-state index contributed by atoms with van der Waals surface area (Å²) < 4.78 is 0. The van der Waals surface area contributed by atoms with Crippen LogP contribution in [0.4, 0.5) is 5.69 Å². The number of nitrogens with two attached hydrogens (primary N) is 1. The van der Waals surface area contributed by atoms with Crippen LogP contribution in [0.1, 0.15) is 18.1 Å². The summed E-state index contributed by atoms with van der Waals surface area (Å²) in [5, 5.41) is 3.39. The van der Waals surface area contributed by atoms with Crippen molar-refractivity contribution in [3.63, 3.8) is 0 Å². The topological polar surface area (TPSA) is 38.0 Å². The van der Waals surface area contributed by atoms with E-state index in [1.165, 1.54) is 11.1 Å². The molecule has 2 nitrogen and oxygen atoms in total. The van der Waals surface area contributed by atoms with Crippen LogP contribution in [0, 0.1) is 0 Å². The highest BCUT2D eigenvalue weighted by atomic mass is 32.1. The van der Waals surface area contributed by atoms with Gasteiger partial charge < -0.3 is 11.1 Å². The van der Waals surface area contributed by atoms with Gasteiger partial charge in [0.2, 0.25) is 0 Å². The van der Waals surface area contributed by atoms with Gasteiger partial charge in [-0.2, -0.15) is 0 Å². The average molecular weight is 284 g/mol. The maximum absolute atomic E-state index is 5.68. The molecule has 2 aromatic rings. The van der Waals surface area contributed by atoms with Gasteiger partial charge >= 0.3 is 0 Å². The van der Waals surface area contributed by atoms with Crippen molar-refractivity contribution in [3.05, 3.63) is 65.7 Å². The number of anilines is 1. The first-order chi connectivity index (χ1) is 9.63. The quantitative estimate of drug-likeness (QED) is 0.653. The Hall–Kier alpha value is -1.87. The zero-order chi connectivity index (χ0) is 14.4. The van der Waals surface area contributed by atoms with E-state index in [0.29, 0.717) is 6.04 Å². The Bertz CT molecular complexity index is 549. The van der Waals surface area contributed by atoms with Crippen LogP contribution in [0.3, 0.4) is 0 Å². The van der Waals surface area contributed by atoms with Crippen LogP contribution < -0.4 is 11.1 Å². The molecule has 0 fully saturated rings. The molecular weight excluding hydrogens is 264 g/mol. The first kappa shape index (κ1) is 14.5. The lowest BCUT2D eigenvalue weighted by Crippen LogP contribution is -2.33. The van der Waals surface area contributed by atoms with Crippen LogP contribution >= 0.6 is 12.2 Å². The molecule has 0 radical (unpaired) electrons. The molecule has 0 saturated heterocycles. The highest BCUT2D eigenvalue weighted by molar-refractivity contribution is 7.80. The lowest BCUT2D eigenvalue weighted by atomic mass is 10.1. The van der Waals surface area contributed by atoms with Gasteiger partial charge in [0.15, 0.2) is 0 Å². The van der Waals surface area contributed by atoms with Gasteiger partial charge in [-0.05, 0) is 36.6 Å². The molecule has 0 bridgehead atoms. The Labute approximate surface area is 126 Å². The van der Waals surface area contributed by atoms with Crippen molar-refractivity contribution in [1.29, 1.82) is 0 Å². The molecule has 2 rings (SSSR count). The number of nitrogen functional groups attached to an aromatic ring is 1. The van der Waals surface area contributed by atoms with Gasteiger partial charge in [0.1, 0.15) is 0 Å². The molecule has 0 spiro atoms. The van der Waals surface area contributed by atoms with Crippen LogP contribution in [-0.2, 0) is 12.8 Å². The summed E-state index contributed by atoms with van der Waals surface area (Å²) in [6.45, 7) is 2.16. The number of hydrogen-bond donors (Lipinski definition) is 2. The fourth-order valence-corrected chi connectivity index (χ4v) is 2.53. The number of nitrogens with one attached hydrogen (secondary N) is 1. The Morgan fingerprint density at radius 3 is 2.35 bits per heavy atom. The molecule has 0 aliphatic carbocycles. The molecule has 3 heteroatoms. The number of thiocarbonyl (C=S) groups is 1. The summed E-state index contributed by atoms with van der Waals surface area (Å²) in [5.74, 6) is 0. The SMILES string of the molecule is CC(Cc1ccccc1)NC(=S)Cc1ccc(N)cc1. The number of rotatable bonds is 5. The molecule has 0 saturated carbocycles. The van der Waals surface area contributed by atoms with Gasteiger partial charge in [0, 0.05) is 18.2 Å². The Kier molecular flexibility index (Phi) is 5.13. The predicted molar refractivity (Wildman–Crippen MR) is 89.9 cm³/mol. The monoisotopic (exact) mass is 284 g/mol. The number of benzene rings is 2. The van der Waals surface area contributed by atoms with Crippen molar-refractivity contribution in [2.75, 3.05) is 5.73 Å². The lowest BCUT2D eigenvalue weighted by molar-refractivity contribution is 0.660. The Morgan fingerprint density at radius 1 is 1.05 bits per heavy atom. The standard InChI is InChI=1S/C17H20N2S/c1-13(11-14-5-3-2-4-6-14)19-17(20)12-15-7-9-16(18)10-8-15/h2-10,13H,11-12,18H2,1H3,(H,19,20). The van der Waals surface area contributed by atoms with E-state index >= 15 is 0 Å². The van der Waals surface area contributed by atoms with Gasteiger partial charge in [-0.1, -0.05) is 54.7 Å². The van der Waals surface area contributed by atoms with Gasteiger partial charge in [-0.15, -0.1) is 0 Å². The fourth-order valence-electron chi connectivity index (χ4n) is 2.17. The Balaban J connectivity index is 1.83. The maximum Gasteiger partial charge on any atom is 0.0799 e. The first-order valence-electron chi connectivity index (χ1n) is 6.81. The summed E-state index contributed by atoms with van der Waals surface area (Å²) >= 11 is 5.42. The average Bonchev–Trinajstić information content (AvgIpc) is 2.42. The van der Waals surface area contributed by atoms with E-state index in [0.717, 1.165) is 23.5 Å². The summed E-state index contributed by atoms with van der Waals surface area (Å²) in [5.41, 5.74) is 8.96. The third-order valence-electron chi connectivity index (χ3n) is 3.14. The molecule has 0 amide bonds. The predicted octanol–water partition coefficient (Wildman–Crippen LogP) is 3.36. The summed E-state index contributed by atoms with van der Waals surface area (Å²) in [7, 11) is 0. The van der Waals surface area contributed by atoms with Crippen molar-refractivity contribution in [1.82, 2.24) is 5.32 Å². The fraction of sp³-hybridized carbons (Fsp3) is 0.235. The van der Waals surface area contributed by atoms with E-state index in [1.807, 2.05) is 30.3 Å². The summed E-state index contributed by atoms with van der Waals surface area (Å²) in [6, 6.07) is 18.6. The molecule has 0 aromatic heterocycles. The van der Waals surface area contributed by atoms with Crippen LogP contribution in [0.15, 0.2) is 54.6 Å². The minimum atomic E-state index is 0.332. The van der Waals surface area contributed by atoms with Crippen LogP contribution in [0.2, 0.25) is 0 Å². The molecule has 104 valence electrons. The van der Waals surface area contributed by atoms with E-state index in [9.17, 15) is 0 Å². The van der Waals surface area contributed by atoms with E-state index in [2.05, 4.69) is 36.5 Å². The lowest BCUT2D eigenvalue weighted by Gasteiger charge is -2.16. The molecule has 2 aromatic carbocycles. The summed E-state index contributed by atoms with van der Waals surface area (Å²) in [6.07, 6.45) is 1.73. The normalized spacial score (nSPS) is 11.8. The number of hydrogen-bond acceptors (Lipinski definition) is 2. The molecule has 1 unspecified atom stereocenters. The Morgan fingerprint density at radius 2 is 1.70 bits per heavy atom. The third-order valence-corrected chi connectivity index (χ3v) is 3.40.